The highest BCUT2D eigenvalue weighted by molar-refractivity contribution is 5.95. The summed E-state index contributed by atoms with van der Waals surface area (Å²) in [5.74, 6) is 0.192. The molecule has 0 saturated carbocycles. The lowest BCUT2D eigenvalue weighted by molar-refractivity contribution is -0.117. The van der Waals surface area contributed by atoms with Gasteiger partial charge in [0, 0.05) is 36.8 Å². The maximum Gasteiger partial charge on any atom is 0.227 e. The van der Waals surface area contributed by atoms with Crippen LogP contribution < -0.4 is 10.2 Å². The van der Waals surface area contributed by atoms with Crippen LogP contribution in [0.4, 0.5) is 11.4 Å². The zero-order valence-corrected chi connectivity index (χ0v) is 14.3. The average molecular weight is 342 g/mol. The third-order valence-electron chi connectivity index (χ3n) is 4.69. The van der Waals surface area contributed by atoms with E-state index in [1.807, 2.05) is 53.4 Å². The summed E-state index contributed by atoms with van der Waals surface area (Å²) in [6.45, 7) is 1.39. The summed E-state index contributed by atoms with van der Waals surface area (Å²) >= 11 is 0. The number of pyridine rings is 1. The molecular weight excluding hydrogens is 324 g/mol. The fourth-order valence-electron chi connectivity index (χ4n) is 3.32. The second kappa shape index (κ2) is 6.85. The normalized spacial score (nSPS) is 13.8. The molecule has 5 nitrogen and oxygen atoms in total. The van der Waals surface area contributed by atoms with E-state index in [1.165, 1.54) is 0 Å². The quantitative estimate of drug-likeness (QED) is 0.782. The van der Waals surface area contributed by atoms with Crippen LogP contribution >= 0.6 is 0 Å². The van der Waals surface area contributed by atoms with Crippen molar-refractivity contribution in [3.63, 3.8) is 0 Å². The lowest BCUT2D eigenvalue weighted by atomic mass is 10.1. The van der Waals surface area contributed by atoms with Gasteiger partial charge in [0.2, 0.25) is 5.91 Å². The molecule has 2 heterocycles. The number of carbonyl (C=O) groups excluding carboxylic acids is 1. The fraction of sp³-hybridized carbons (Fsp3) is 0.190. The first kappa shape index (κ1) is 16.1. The van der Waals surface area contributed by atoms with E-state index in [4.69, 9.17) is 0 Å². The number of aromatic nitrogens is 1. The van der Waals surface area contributed by atoms with E-state index in [2.05, 4.69) is 16.4 Å². The van der Waals surface area contributed by atoms with E-state index < -0.39 is 0 Å². The van der Waals surface area contributed by atoms with Gasteiger partial charge >= 0.3 is 0 Å². The molecule has 1 saturated heterocycles. The Bertz CT molecular complexity index is 1000. The monoisotopic (exact) mass is 342 g/mol. The first-order valence-electron chi connectivity index (χ1n) is 8.67. The van der Waals surface area contributed by atoms with Gasteiger partial charge in [0.25, 0.3) is 0 Å². The van der Waals surface area contributed by atoms with Crippen LogP contribution in [0.5, 0.6) is 0 Å². The largest absolute Gasteiger partial charge is 0.379 e. The van der Waals surface area contributed by atoms with Crippen molar-refractivity contribution in [1.82, 2.24) is 4.98 Å². The van der Waals surface area contributed by atoms with Crippen LogP contribution in [0.1, 0.15) is 24.0 Å². The predicted octanol–water partition coefficient (Wildman–Crippen LogP) is 3.85. The van der Waals surface area contributed by atoms with E-state index in [9.17, 15) is 10.1 Å². The highest BCUT2D eigenvalue weighted by atomic mass is 16.2. The fourth-order valence-corrected chi connectivity index (χ4v) is 3.32. The minimum atomic E-state index is 0.192. The van der Waals surface area contributed by atoms with E-state index >= 15 is 0 Å². The number of amides is 1. The third kappa shape index (κ3) is 2.98. The summed E-state index contributed by atoms with van der Waals surface area (Å²) in [6.07, 6.45) is 3.16. The summed E-state index contributed by atoms with van der Waals surface area (Å²) in [5, 5.41) is 13.7. The van der Waals surface area contributed by atoms with Gasteiger partial charge in [-0.05, 0) is 30.2 Å². The van der Waals surface area contributed by atoms with E-state index in [0.717, 1.165) is 40.8 Å². The molecule has 0 unspecified atom stereocenters. The van der Waals surface area contributed by atoms with Gasteiger partial charge in [0.05, 0.1) is 16.8 Å². The number of benzene rings is 2. The van der Waals surface area contributed by atoms with Gasteiger partial charge in [-0.15, -0.1) is 0 Å². The number of hydrogen-bond donors (Lipinski definition) is 1. The van der Waals surface area contributed by atoms with Crippen molar-refractivity contribution in [3.05, 3.63) is 65.9 Å². The molecular formula is C21H18N4O. The van der Waals surface area contributed by atoms with Crippen LogP contribution in [0.2, 0.25) is 0 Å². The predicted molar refractivity (Wildman–Crippen MR) is 102 cm³/mol. The molecule has 1 aliphatic rings. The highest BCUT2D eigenvalue weighted by Gasteiger charge is 2.21. The van der Waals surface area contributed by atoms with E-state index in [1.54, 1.807) is 6.20 Å². The van der Waals surface area contributed by atoms with Gasteiger partial charge in [-0.2, -0.15) is 5.26 Å². The van der Waals surface area contributed by atoms with Crippen LogP contribution in [-0.4, -0.2) is 17.4 Å². The van der Waals surface area contributed by atoms with E-state index in [-0.39, 0.29) is 5.91 Å². The molecule has 26 heavy (non-hydrogen) atoms. The topological polar surface area (TPSA) is 69.0 Å². The molecule has 1 aromatic heterocycles. The van der Waals surface area contributed by atoms with Gasteiger partial charge in [0.1, 0.15) is 6.07 Å². The minimum absolute atomic E-state index is 0.192. The molecule has 2 aromatic carbocycles. The molecule has 1 fully saturated rings. The number of rotatable bonds is 4. The van der Waals surface area contributed by atoms with Gasteiger partial charge < -0.3 is 10.2 Å². The zero-order valence-electron chi connectivity index (χ0n) is 14.3. The summed E-state index contributed by atoms with van der Waals surface area (Å²) in [6, 6.07) is 18.0. The number of nitriles is 1. The molecule has 0 atom stereocenters. The van der Waals surface area contributed by atoms with Crippen molar-refractivity contribution in [2.45, 2.75) is 19.4 Å². The Morgan fingerprint density at radius 3 is 2.69 bits per heavy atom. The van der Waals surface area contributed by atoms with Gasteiger partial charge in [-0.3, -0.25) is 9.78 Å². The third-order valence-corrected chi connectivity index (χ3v) is 4.69. The SMILES string of the molecule is N#Cc1cnc2ccccc2c1NCc1ccc(N2CCCC2=O)cc1. The Kier molecular flexibility index (Phi) is 4.24. The lowest BCUT2D eigenvalue weighted by Crippen LogP contribution is -2.23. The summed E-state index contributed by atoms with van der Waals surface area (Å²) in [7, 11) is 0. The zero-order chi connectivity index (χ0) is 17.9. The molecule has 0 bridgehead atoms. The van der Waals surface area contributed by atoms with Crippen LogP contribution in [0.15, 0.2) is 54.7 Å². The molecule has 1 aliphatic heterocycles. The van der Waals surface area contributed by atoms with Crippen molar-refractivity contribution < 1.29 is 4.79 Å². The smallest absolute Gasteiger partial charge is 0.227 e. The maximum absolute atomic E-state index is 11.8. The minimum Gasteiger partial charge on any atom is -0.379 e. The number of hydrogen-bond acceptors (Lipinski definition) is 4. The van der Waals surface area contributed by atoms with Crippen molar-refractivity contribution in [3.8, 4) is 6.07 Å². The highest BCUT2D eigenvalue weighted by Crippen LogP contribution is 2.26. The molecule has 5 heteroatoms. The van der Waals surface area contributed by atoms with Crippen molar-refractivity contribution in [2.24, 2.45) is 0 Å². The first-order valence-corrected chi connectivity index (χ1v) is 8.67. The molecule has 0 aliphatic carbocycles. The van der Waals surface area contributed by atoms with Gasteiger partial charge in [-0.25, -0.2) is 0 Å². The van der Waals surface area contributed by atoms with Crippen molar-refractivity contribution in [1.29, 1.82) is 5.26 Å². The van der Waals surface area contributed by atoms with Crippen molar-refractivity contribution >= 4 is 28.2 Å². The molecule has 0 spiro atoms. The number of nitrogens with zero attached hydrogens (tertiary/aromatic N) is 3. The summed E-state index contributed by atoms with van der Waals surface area (Å²) in [5.41, 5.74) is 4.23. The van der Waals surface area contributed by atoms with Gasteiger partial charge in [-0.1, -0.05) is 30.3 Å². The lowest BCUT2D eigenvalue weighted by Gasteiger charge is -2.16. The second-order valence-electron chi connectivity index (χ2n) is 6.34. The summed E-state index contributed by atoms with van der Waals surface area (Å²) in [4.78, 5) is 18.0. The van der Waals surface area contributed by atoms with Crippen LogP contribution in [-0.2, 0) is 11.3 Å². The van der Waals surface area contributed by atoms with Crippen LogP contribution in [0, 0.1) is 11.3 Å². The average Bonchev–Trinajstić information content (AvgIpc) is 3.12. The Morgan fingerprint density at radius 2 is 1.96 bits per heavy atom. The standard InChI is InChI=1S/C21H18N4O/c22-12-16-14-23-19-5-2-1-4-18(19)21(16)24-13-15-7-9-17(10-8-15)25-11-3-6-20(25)26/h1-2,4-5,7-10,14H,3,6,11,13H2,(H,23,24). The Hall–Kier alpha value is -3.39. The molecule has 128 valence electrons. The van der Waals surface area contributed by atoms with E-state index in [0.29, 0.717) is 18.5 Å². The molecule has 1 amide bonds. The maximum atomic E-state index is 11.8. The van der Waals surface area contributed by atoms with Crippen LogP contribution in [0.25, 0.3) is 10.9 Å². The molecule has 3 aromatic rings. The second-order valence-corrected chi connectivity index (χ2v) is 6.34. The number of para-hydroxylation sites is 1. The van der Waals surface area contributed by atoms with Crippen LogP contribution in [0.3, 0.4) is 0 Å². The number of carbonyl (C=O) groups is 1. The first-order chi connectivity index (χ1) is 12.8. The Labute approximate surface area is 151 Å². The number of fused-ring (bicyclic) bond motifs is 1. The van der Waals surface area contributed by atoms with Gasteiger partial charge in [0.15, 0.2) is 0 Å². The summed E-state index contributed by atoms with van der Waals surface area (Å²) < 4.78 is 0. The Morgan fingerprint density at radius 1 is 1.15 bits per heavy atom. The van der Waals surface area contributed by atoms with Crippen molar-refractivity contribution in [2.75, 3.05) is 16.8 Å². The molecule has 0 radical (unpaired) electrons. The number of nitrogens with one attached hydrogen (secondary N) is 1. The molecule has 1 N–H and O–H groups in total. The Balaban J connectivity index is 1.55. The number of anilines is 2. The molecule has 4 rings (SSSR count).